The van der Waals surface area contributed by atoms with Crippen molar-refractivity contribution in [2.24, 2.45) is 11.7 Å². The van der Waals surface area contributed by atoms with Crippen molar-refractivity contribution >= 4 is 21.7 Å². The van der Waals surface area contributed by atoms with Gasteiger partial charge in [-0.2, -0.15) is 0 Å². The summed E-state index contributed by atoms with van der Waals surface area (Å²) in [6, 6.07) is 2.07. The van der Waals surface area contributed by atoms with Crippen LogP contribution in [0.1, 0.15) is 37.7 Å². The quantitative estimate of drug-likeness (QED) is 0.927. The molecular weight excluding hydrogens is 290 g/mol. The molecule has 2 rings (SSSR count). The minimum absolute atomic E-state index is 0.538. The second-order valence-electron chi connectivity index (χ2n) is 5.22. The van der Waals surface area contributed by atoms with Crippen molar-refractivity contribution in [1.82, 2.24) is 4.98 Å². The molecule has 1 aliphatic carbocycles. The zero-order valence-corrected chi connectivity index (χ0v) is 12.6. The summed E-state index contributed by atoms with van der Waals surface area (Å²) in [6.45, 7) is 1.64. The molecule has 4 heteroatoms. The molecule has 0 bridgehead atoms. The summed E-state index contributed by atoms with van der Waals surface area (Å²) in [5, 5.41) is 0. The molecule has 0 radical (unpaired) electrons. The molecule has 0 unspecified atom stereocenters. The van der Waals surface area contributed by atoms with Crippen LogP contribution < -0.4 is 10.6 Å². The van der Waals surface area contributed by atoms with Crippen LogP contribution >= 0.6 is 15.9 Å². The standard InChI is InChI=1S/C14H22BrN3/c1-18(10-11-5-3-2-4-6-11)14-12(8-16)7-13(15)9-17-14/h7,9,11H,2-6,8,10,16H2,1H3. The van der Waals surface area contributed by atoms with Gasteiger partial charge in [-0.1, -0.05) is 19.3 Å². The van der Waals surface area contributed by atoms with Crippen LogP contribution in [0.3, 0.4) is 0 Å². The number of hydrogen-bond donors (Lipinski definition) is 1. The summed E-state index contributed by atoms with van der Waals surface area (Å²) in [7, 11) is 2.13. The number of aromatic nitrogens is 1. The minimum atomic E-state index is 0.538. The van der Waals surface area contributed by atoms with Crippen molar-refractivity contribution in [2.75, 3.05) is 18.5 Å². The van der Waals surface area contributed by atoms with Crippen LogP contribution in [-0.4, -0.2) is 18.6 Å². The molecule has 3 nitrogen and oxygen atoms in total. The van der Waals surface area contributed by atoms with E-state index in [0.29, 0.717) is 6.54 Å². The molecule has 1 fully saturated rings. The largest absolute Gasteiger partial charge is 0.359 e. The molecule has 18 heavy (non-hydrogen) atoms. The zero-order valence-electron chi connectivity index (χ0n) is 11.0. The zero-order chi connectivity index (χ0) is 13.0. The Balaban J connectivity index is 2.05. The van der Waals surface area contributed by atoms with E-state index >= 15 is 0 Å². The fourth-order valence-corrected chi connectivity index (χ4v) is 3.19. The highest BCUT2D eigenvalue weighted by Crippen LogP contribution is 2.27. The number of nitrogens with two attached hydrogens (primary N) is 1. The smallest absolute Gasteiger partial charge is 0.132 e. The van der Waals surface area contributed by atoms with Crippen LogP contribution in [0.2, 0.25) is 0 Å². The lowest BCUT2D eigenvalue weighted by atomic mass is 9.89. The Morgan fingerprint density at radius 2 is 2.11 bits per heavy atom. The predicted octanol–water partition coefficient (Wildman–Crippen LogP) is 3.32. The second kappa shape index (κ2) is 6.53. The first-order valence-corrected chi connectivity index (χ1v) is 7.55. The van der Waals surface area contributed by atoms with E-state index in [9.17, 15) is 0 Å². The van der Waals surface area contributed by atoms with Crippen LogP contribution in [0.25, 0.3) is 0 Å². The first-order valence-electron chi connectivity index (χ1n) is 6.76. The molecule has 0 aromatic carbocycles. The lowest BCUT2D eigenvalue weighted by molar-refractivity contribution is 0.361. The van der Waals surface area contributed by atoms with E-state index in [2.05, 4.69) is 38.9 Å². The molecule has 1 heterocycles. The highest BCUT2D eigenvalue weighted by Gasteiger charge is 2.17. The van der Waals surface area contributed by atoms with Gasteiger partial charge in [-0.15, -0.1) is 0 Å². The van der Waals surface area contributed by atoms with E-state index < -0.39 is 0 Å². The normalized spacial score (nSPS) is 16.8. The van der Waals surface area contributed by atoms with Crippen molar-refractivity contribution in [3.63, 3.8) is 0 Å². The summed E-state index contributed by atoms with van der Waals surface area (Å²) in [5.41, 5.74) is 6.92. The Kier molecular flexibility index (Phi) is 5.01. The van der Waals surface area contributed by atoms with Gasteiger partial charge in [-0.25, -0.2) is 4.98 Å². The Morgan fingerprint density at radius 3 is 2.78 bits per heavy atom. The van der Waals surface area contributed by atoms with Gasteiger partial charge in [-0.05, 0) is 40.8 Å². The molecule has 100 valence electrons. The molecular formula is C14H22BrN3. The summed E-state index contributed by atoms with van der Waals surface area (Å²) >= 11 is 3.45. The van der Waals surface area contributed by atoms with Crippen LogP contribution in [0, 0.1) is 5.92 Å². The number of halogens is 1. The molecule has 0 spiro atoms. The molecule has 1 aromatic rings. The number of hydrogen-bond acceptors (Lipinski definition) is 3. The number of nitrogens with zero attached hydrogens (tertiary/aromatic N) is 2. The van der Waals surface area contributed by atoms with Crippen molar-refractivity contribution in [1.29, 1.82) is 0 Å². The fourth-order valence-electron chi connectivity index (χ4n) is 2.81. The van der Waals surface area contributed by atoms with E-state index in [-0.39, 0.29) is 0 Å². The Morgan fingerprint density at radius 1 is 1.39 bits per heavy atom. The van der Waals surface area contributed by atoms with Gasteiger partial charge in [-0.3, -0.25) is 0 Å². The lowest BCUT2D eigenvalue weighted by Crippen LogP contribution is -2.28. The fraction of sp³-hybridized carbons (Fsp3) is 0.643. The molecule has 0 amide bonds. The van der Waals surface area contributed by atoms with E-state index in [0.717, 1.165) is 28.3 Å². The monoisotopic (exact) mass is 311 g/mol. The van der Waals surface area contributed by atoms with Crippen molar-refractivity contribution in [3.8, 4) is 0 Å². The SMILES string of the molecule is CN(CC1CCCCC1)c1ncc(Br)cc1CN. The third-order valence-corrected chi connectivity index (χ3v) is 4.18. The van der Waals surface area contributed by atoms with E-state index in [1.807, 2.05) is 6.20 Å². The van der Waals surface area contributed by atoms with Gasteiger partial charge in [0, 0.05) is 36.4 Å². The lowest BCUT2D eigenvalue weighted by Gasteiger charge is -2.28. The molecule has 1 aliphatic rings. The van der Waals surface area contributed by atoms with Crippen LogP contribution in [-0.2, 0) is 6.54 Å². The van der Waals surface area contributed by atoms with Crippen LogP contribution in [0.4, 0.5) is 5.82 Å². The minimum Gasteiger partial charge on any atom is -0.359 e. The summed E-state index contributed by atoms with van der Waals surface area (Å²) in [4.78, 5) is 6.78. The summed E-state index contributed by atoms with van der Waals surface area (Å²) in [6.07, 6.45) is 8.75. The maximum atomic E-state index is 5.80. The van der Waals surface area contributed by atoms with Gasteiger partial charge < -0.3 is 10.6 Å². The highest BCUT2D eigenvalue weighted by atomic mass is 79.9. The van der Waals surface area contributed by atoms with Crippen molar-refractivity contribution in [3.05, 3.63) is 22.3 Å². The Labute approximate surface area is 118 Å². The predicted molar refractivity (Wildman–Crippen MR) is 79.7 cm³/mol. The van der Waals surface area contributed by atoms with Gasteiger partial charge >= 0.3 is 0 Å². The molecule has 0 atom stereocenters. The maximum absolute atomic E-state index is 5.80. The highest BCUT2D eigenvalue weighted by molar-refractivity contribution is 9.10. The average molecular weight is 312 g/mol. The Hall–Kier alpha value is -0.610. The van der Waals surface area contributed by atoms with Crippen LogP contribution in [0.15, 0.2) is 16.7 Å². The van der Waals surface area contributed by atoms with E-state index in [1.54, 1.807) is 0 Å². The van der Waals surface area contributed by atoms with Crippen molar-refractivity contribution in [2.45, 2.75) is 38.6 Å². The number of pyridine rings is 1. The molecule has 1 aromatic heterocycles. The molecule has 0 saturated heterocycles. The first-order chi connectivity index (χ1) is 8.70. The third-order valence-electron chi connectivity index (χ3n) is 3.75. The Bertz CT molecular complexity index is 389. The molecule has 1 saturated carbocycles. The maximum Gasteiger partial charge on any atom is 0.132 e. The molecule has 0 aliphatic heterocycles. The van der Waals surface area contributed by atoms with Gasteiger partial charge in [0.2, 0.25) is 0 Å². The van der Waals surface area contributed by atoms with Gasteiger partial charge in [0.05, 0.1) is 0 Å². The first kappa shape index (κ1) is 13.8. The second-order valence-corrected chi connectivity index (χ2v) is 6.14. The molecule has 2 N–H and O–H groups in total. The van der Waals surface area contributed by atoms with Crippen molar-refractivity contribution < 1.29 is 0 Å². The summed E-state index contributed by atoms with van der Waals surface area (Å²) < 4.78 is 0.998. The van der Waals surface area contributed by atoms with E-state index in [1.165, 1.54) is 32.1 Å². The topological polar surface area (TPSA) is 42.2 Å². The van der Waals surface area contributed by atoms with E-state index in [4.69, 9.17) is 5.73 Å². The summed E-state index contributed by atoms with van der Waals surface area (Å²) in [5.74, 6) is 1.85. The van der Waals surface area contributed by atoms with Gasteiger partial charge in [0.1, 0.15) is 5.82 Å². The number of anilines is 1. The number of rotatable bonds is 4. The third kappa shape index (κ3) is 3.45. The van der Waals surface area contributed by atoms with Gasteiger partial charge in [0.25, 0.3) is 0 Å². The van der Waals surface area contributed by atoms with Crippen LogP contribution in [0.5, 0.6) is 0 Å². The average Bonchev–Trinajstić information content (AvgIpc) is 2.39. The van der Waals surface area contributed by atoms with Gasteiger partial charge in [0.15, 0.2) is 0 Å².